The first-order chi connectivity index (χ1) is 18.1. The van der Waals surface area contributed by atoms with E-state index in [1.165, 1.54) is 0 Å². The number of methoxy groups -OCH3 is 1. The molecule has 0 spiro atoms. The number of para-hydroxylation sites is 1. The minimum atomic E-state index is -0.708. The predicted octanol–water partition coefficient (Wildman–Crippen LogP) is 6.13. The SMILES string of the molecule is CCCCOc1ccc(C2c3c(oc4ccccc4c3=O)C(=O)N2c2ccc(OC)cc2)cc1OCC. The number of benzene rings is 3. The zero-order valence-corrected chi connectivity index (χ0v) is 21.2. The van der Waals surface area contributed by atoms with Gasteiger partial charge in [0, 0.05) is 5.69 Å². The van der Waals surface area contributed by atoms with E-state index in [4.69, 9.17) is 18.6 Å². The lowest BCUT2D eigenvalue weighted by molar-refractivity contribution is 0.0971. The van der Waals surface area contributed by atoms with Gasteiger partial charge in [0.05, 0.1) is 37.3 Å². The summed E-state index contributed by atoms with van der Waals surface area (Å²) < 4.78 is 23.2. The molecule has 0 saturated heterocycles. The van der Waals surface area contributed by atoms with E-state index >= 15 is 0 Å². The van der Waals surface area contributed by atoms with E-state index in [0.29, 0.717) is 52.7 Å². The highest BCUT2D eigenvalue weighted by molar-refractivity contribution is 6.10. The van der Waals surface area contributed by atoms with Crippen LogP contribution in [0.1, 0.15) is 54.4 Å². The molecular formula is C30H29NO6. The first kappa shape index (κ1) is 24.4. The summed E-state index contributed by atoms with van der Waals surface area (Å²) in [6.07, 6.45) is 1.95. The van der Waals surface area contributed by atoms with Crippen LogP contribution in [-0.2, 0) is 0 Å². The smallest absolute Gasteiger partial charge is 0.295 e. The minimum Gasteiger partial charge on any atom is -0.497 e. The molecule has 7 nitrogen and oxygen atoms in total. The van der Waals surface area contributed by atoms with Gasteiger partial charge in [-0.3, -0.25) is 14.5 Å². The summed E-state index contributed by atoms with van der Waals surface area (Å²) in [6.45, 7) is 5.03. The summed E-state index contributed by atoms with van der Waals surface area (Å²) in [4.78, 5) is 29.1. The molecule has 1 aliphatic heterocycles. The summed E-state index contributed by atoms with van der Waals surface area (Å²) in [5.74, 6) is 1.53. The molecular weight excluding hydrogens is 470 g/mol. The Morgan fingerprint density at radius 1 is 0.919 bits per heavy atom. The third-order valence-corrected chi connectivity index (χ3v) is 6.47. The first-order valence-corrected chi connectivity index (χ1v) is 12.5. The molecule has 1 unspecified atom stereocenters. The molecule has 0 saturated carbocycles. The van der Waals surface area contributed by atoms with Gasteiger partial charge in [0.2, 0.25) is 5.76 Å². The molecule has 1 amide bonds. The Morgan fingerprint density at radius 3 is 2.43 bits per heavy atom. The quantitative estimate of drug-likeness (QED) is 0.258. The second kappa shape index (κ2) is 10.4. The lowest BCUT2D eigenvalue weighted by atomic mass is 9.97. The lowest BCUT2D eigenvalue weighted by Gasteiger charge is -2.26. The van der Waals surface area contributed by atoms with Gasteiger partial charge >= 0.3 is 0 Å². The van der Waals surface area contributed by atoms with Crippen molar-refractivity contribution in [3.8, 4) is 17.2 Å². The molecule has 37 heavy (non-hydrogen) atoms. The number of fused-ring (bicyclic) bond motifs is 2. The zero-order chi connectivity index (χ0) is 25.9. The van der Waals surface area contributed by atoms with Crippen LogP contribution in [0.2, 0.25) is 0 Å². The number of amides is 1. The minimum absolute atomic E-state index is 0.0470. The molecule has 5 rings (SSSR count). The normalized spacial score (nSPS) is 14.6. The van der Waals surface area contributed by atoms with E-state index in [1.807, 2.05) is 25.1 Å². The van der Waals surface area contributed by atoms with Gasteiger partial charge in [0.15, 0.2) is 16.9 Å². The van der Waals surface area contributed by atoms with Crippen molar-refractivity contribution in [3.63, 3.8) is 0 Å². The lowest BCUT2D eigenvalue weighted by Crippen LogP contribution is -2.29. The summed E-state index contributed by atoms with van der Waals surface area (Å²) in [5.41, 5.74) is 1.79. The van der Waals surface area contributed by atoms with E-state index in [-0.39, 0.29) is 17.1 Å². The fourth-order valence-electron chi connectivity index (χ4n) is 4.65. The Hall–Kier alpha value is -4.26. The van der Waals surface area contributed by atoms with Crippen molar-refractivity contribution in [3.05, 3.63) is 93.8 Å². The number of carbonyl (C=O) groups excluding carboxylic acids is 1. The third kappa shape index (κ3) is 4.42. The van der Waals surface area contributed by atoms with Crippen LogP contribution in [0.5, 0.6) is 17.2 Å². The van der Waals surface area contributed by atoms with Crippen molar-refractivity contribution < 1.29 is 23.4 Å². The topological polar surface area (TPSA) is 78.2 Å². The Morgan fingerprint density at radius 2 is 1.70 bits per heavy atom. The number of ether oxygens (including phenoxy) is 3. The van der Waals surface area contributed by atoms with E-state index in [1.54, 1.807) is 60.5 Å². The van der Waals surface area contributed by atoms with Crippen LogP contribution in [-0.4, -0.2) is 26.2 Å². The number of hydrogen-bond acceptors (Lipinski definition) is 6. The van der Waals surface area contributed by atoms with Crippen molar-refractivity contribution in [2.45, 2.75) is 32.7 Å². The van der Waals surface area contributed by atoms with Gasteiger partial charge in [-0.1, -0.05) is 31.5 Å². The van der Waals surface area contributed by atoms with Crippen molar-refractivity contribution in [1.82, 2.24) is 0 Å². The van der Waals surface area contributed by atoms with E-state index in [2.05, 4.69) is 6.92 Å². The highest BCUT2D eigenvalue weighted by Gasteiger charge is 2.44. The number of carbonyl (C=O) groups is 1. The molecule has 0 aliphatic carbocycles. The molecule has 7 heteroatoms. The highest BCUT2D eigenvalue weighted by atomic mass is 16.5. The third-order valence-electron chi connectivity index (χ3n) is 6.47. The van der Waals surface area contributed by atoms with Crippen LogP contribution in [0.25, 0.3) is 11.0 Å². The van der Waals surface area contributed by atoms with Crippen LogP contribution in [0.4, 0.5) is 5.69 Å². The molecule has 0 fully saturated rings. The molecule has 0 bridgehead atoms. The highest BCUT2D eigenvalue weighted by Crippen LogP contribution is 2.43. The summed E-state index contributed by atoms with van der Waals surface area (Å²) >= 11 is 0. The number of rotatable bonds is 9. The second-order valence-electron chi connectivity index (χ2n) is 8.79. The molecule has 0 radical (unpaired) electrons. The molecule has 0 N–H and O–H groups in total. The summed E-state index contributed by atoms with van der Waals surface area (Å²) in [7, 11) is 1.59. The number of hydrogen-bond donors (Lipinski definition) is 0. The average molecular weight is 500 g/mol. The Bertz CT molecular complexity index is 1490. The molecule has 4 aromatic rings. The number of anilines is 1. The van der Waals surface area contributed by atoms with Gasteiger partial charge < -0.3 is 18.6 Å². The van der Waals surface area contributed by atoms with Crippen LogP contribution in [0.15, 0.2) is 75.9 Å². The van der Waals surface area contributed by atoms with Gasteiger partial charge in [0.1, 0.15) is 11.3 Å². The van der Waals surface area contributed by atoms with Gasteiger partial charge in [-0.2, -0.15) is 0 Å². The van der Waals surface area contributed by atoms with Crippen molar-refractivity contribution in [2.75, 3.05) is 25.2 Å². The molecule has 190 valence electrons. The molecule has 1 aromatic heterocycles. The van der Waals surface area contributed by atoms with Crippen molar-refractivity contribution >= 4 is 22.6 Å². The summed E-state index contributed by atoms with van der Waals surface area (Å²) in [6, 6.07) is 19.0. The van der Waals surface area contributed by atoms with Crippen molar-refractivity contribution in [1.29, 1.82) is 0 Å². The van der Waals surface area contributed by atoms with Gasteiger partial charge in [0.25, 0.3) is 5.91 Å². The fourth-order valence-corrected chi connectivity index (χ4v) is 4.65. The Labute approximate surface area is 215 Å². The molecule has 2 heterocycles. The summed E-state index contributed by atoms with van der Waals surface area (Å²) in [5, 5.41) is 0.431. The van der Waals surface area contributed by atoms with E-state index in [0.717, 1.165) is 18.4 Å². The second-order valence-corrected chi connectivity index (χ2v) is 8.79. The standard InChI is InChI=1S/C30H29NO6/c1-4-6-17-36-24-16-11-19(18-25(24)35-5-2)27-26-28(32)22-9-7-8-10-23(22)37-29(26)30(33)31(27)20-12-14-21(34-3)15-13-20/h7-16,18,27H,4-6,17H2,1-3H3. The van der Waals surface area contributed by atoms with Gasteiger partial charge in [-0.25, -0.2) is 0 Å². The van der Waals surface area contributed by atoms with Gasteiger partial charge in [-0.05, 0) is 67.4 Å². The van der Waals surface area contributed by atoms with E-state index in [9.17, 15) is 9.59 Å². The largest absolute Gasteiger partial charge is 0.497 e. The monoisotopic (exact) mass is 499 g/mol. The maximum Gasteiger partial charge on any atom is 0.295 e. The molecule has 3 aromatic carbocycles. The fraction of sp³-hybridized carbons (Fsp3) is 0.267. The van der Waals surface area contributed by atoms with Crippen molar-refractivity contribution in [2.24, 2.45) is 0 Å². The average Bonchev–Trinajstić information content (AvgIpc) is 3.22. The van der Waals surface area contributed by atoms with Crippen LogP contribution in [0, 0.1) is 0 Å². The number of unbranched alkanes of at least 4 members (excludes halogenated alkanes) is 1. The molecule has 1 atom stereocenters. The predicted molar refractivity (Wildman–Crippen MR) is 142 cm³/mol. The maximum absolute atomic E-state index is 13.8. The first-order valence-electron chi connectivity index (χ1n) is 12.5. The van der Waals surface area contributed by atoms with E-state index < -0.39 is 6.04 Å². The van der Waals surface area contributed by atoms with Crippen LogP contribution < -0.4 is 24.5 Å². The van der Waals surface area contributed by atoms with Crippen LogP contribution >= 0.6 is 0 Å². The van der Waals surface area contributed by atoms with Gasteiger partial charge in [-0.15, -0.1) is 0 Å². The maximum atomic E-state index is 13.8. The Kier molecular flexibility index (Phi) is 6.86. The number of nitrogens with zero attached hydrogens (tertiary/aromatic N) is 1. The Balaban J connectivity index is 1.69. The zero-order valence-electron chi connectivity index (χ0n) is 21.2. The molecule has 1 aliphatic rings. The van der Waals surface area contributed by atoms with Crippen LogP contribution in [0.3, 0.4) is 0 Å².